The summed E-state index contributed by atoms with van der Waals surface area (Å²) in [5.74, 6) is -0.295. The number of carbonyl (C=O) groups excluding carboxylic acids is 1. The van der Waals surface area contributed by atoms with Crippen molar-refractivity contribution in [3.63, 3.8) is 0 Å². The number of hydrogen-bond donors (Lipinski definition) is 3. The van der Waals surface area contributed by atoms with Crippen LogP contribution in [0, 0.1) is 6.92 Å². The molecule has 1 aromatic carbocycles. The number of hydrogen-bond acceptors (Lipinski definition) is 5. The molecule has 5 nitrogen and oxygen atoms in total. The number of halogens is 1. The van der Waals surface area contributed by atoms with Gasteiger partial charge < -0.3 is 20.1 Å². The maximum absolute atomic E-state index is 10.9. The second kappa shape index (κ2) is 8.13. The van der Waals surface area contributed by atoms with Crippen LogP contribution in [-0.4, -0.2) is 39.6 Å². The van der Waals surface area contributed by atoms with E-state index in [9.17, 15) is 20.1 Å². The van der Waals surface area contributed by atoms with Crippen LogP contribution in [0.25, 0.3) is 0 Å². The highest BCUT2D eigenvalue weighted by Crippen LogP contribution is 2.35. The first kappa shape index (κ1) is 19.9. The monoisotopic (exact) mass is 388 g/mol. The maximum atomic E-state index is 10.9. The van der Waals surface area contributed by atoms with E-state index in [0.29, 0.717) is 22.9 Å². The van der Waals surface area contributed by atoms with Crippen molar-refractivity contribution in [2.24, 2.45) is 0 Å². The molecule has 0 spiro atoms. The van der Waals surface area contributed by atoms with E-state index in [1.54, 1.807) is 26.8 Å². The molecule has 2 unspecified atom stereocenters. The fourth-order valence-corrected chi connectivity index (χ4v) is 2.90. The van der Waals surface area contributed by atoms with E-state index in [1.165, 1.54) is 6.92 Å². The Balaban J connectivity index is 3.00. The average Bonchev–Trinajstić information content (AvgIpc) is 2.41. The number of benzene rings is 1. The second-order valence-electron chi connectivity index (χ2n) is 6.40. The van der Waals surface area contributed by atoms with Crippen molar-refractivity contribution in [1.29, 1.82) is 0 Å². The third-order valence-corrected chi connectivity index (χ3v) is 4.45. The van der Waals surface area contributed by atoms with Crippen LogP contribution in [0.15, 0.2) is 16.6 Å². The van der Waals surface area contributed by atoms with E-state index in [0.717, 1.165) is 5.56 Å². The fraction of sp³-hybridized carbons (Fsp3) is 0.588. The first-order chi connectivity index (χ1) is 10.5. The molecule has 1 aromatic rings. The fourth-order valence-electron chi connectivity index (χ4n) is 2.32. The van der Waals surface area contributed by atoms with Gasteiger partial charge >= 0.3 is 5.97 Å². The van der Waals surface area contributed by atoms with Crippen LogP contribution in [0.1, 0.15) is 50.7 Å². The number of aromatic hydroxyl groups is 1. The van der Waals surface area contributed by atoms with Crippen LogP contribution in [-0.2, 0) is 9.53 Å². The molecule has 0 amide bonds. The quantitative estimate of drug-likeness (QED) is 0.624. The van der Waals surface area contributed by atoms with Gasteiger partial charge in [0.2, 0.25) is 0 Å². The lowest BCUT2D eigenvalue weighted by Crippen LogP contribution is -2.37. The van der Waals surface area contributed by atoms with E-state index in [2.05, 4.69) is 15.9 Å². The molecule has 0 saturated carbocycles. The molecule has 130 valence electrons. The van der Waals surface area contributed by atoms with Crippen molar-refractivity contribution in [2.75, 3.05) is 6.61 Å². The highest BCUT2D eigenvalue weighted by molar-refractivity contribution is 9.10. The number of phenols is 1. The first-order valence-corrected chi connectivity index (χ1v) is 8.34. The highest BCUT2D eigenvalue weighted by Gasteiger charge is 2.28. The van der Waals surface area contributed by atoms with Gasteiger partial charge in [0.05, 0.1) is 22.8 Å². The smallest absolute Gasteiger partial charge is 0.302 e. The third kappa shape index (κ3) is 6.12. The summed E-state index contributed by atoms with van der Waals surface area (Å²) in [5.41, 5.74) is 0.398. The lowest BCUT2D eigenvalue weighted by atomic mass is 9.85. The number of carbonyl (C=O) groups is 1. The predicted molar refractivity (Wildman–Crippen MR) is 91.5 cm³/mol. The van der Waals surface area contributed by atoms with Crippen LogP contribution in [0.2, 0.25) is 0 Å². The minimum Gasteiger partial charge on any atom is -0.506 e. The third-order valence-electron chi connectivity index (χ3n) is 3.84. The van der Waals surface area contributed by atoms with Crippen LogP contribution in [0.5, 0.6) is 5.75 Å². The molecular formula is C17H25BrO5. The van der Waals surface area contributed by atoms with Crippen molar-refractivity contribution >= 4 is 21.9 Å². The zero-order chi connectivity index (χ0) is 17.8. The molecule has 0 heterocycles. The summed E-state index contributed by atoms with van der Waals surface area (Å²) < 4.78 is 5.57. The first-order valence-electron chi connectivity index (χ1n) is 7.55. The summed E-state index contributed by atoms with van der Waals surface area (Å²) in [5, 5.41) is 30.0. The molecule has 0 aliphatic rings. The van der Waals surface area contributed by atoms with Crippen LogP contribution in [0.4, 0.5) is 0 Å². The lowest BCUT2D eigenvalue weighted by molar-refractivity contribution is -0.141. The number of rotatable bonds is 7. The number of ether oxygens (including phenoxy) is 1. The van der Waals surface area contributed by atoms with Crippen molar-refractivity contribution in [3.05, 3.63) is 27.7 Å². The molecule has 6 heteroatoms. The van der Waals surface area contributed by atoms with Crippen molar-refractivity contribution < 1.29 is 24.9 Å². The number of phenolic OH excluding ortho intramolecular Hbond substituents is 1. The number of aryl methyl sites for hydroxylation is 1. The lowest BCUT2D eigenvalue weighted by Gasteiger charge is -2.29. The topological polar surface area (TPSA) is 87.0 Å². The Labute approximate surface area is 145 Å². The van der Waals surface area contributed by atoms with Crippen LogP contribution < -0.4 is 0 Å². The molecule has 0 fully saturated rings. The van der Waals surface area contributed by atoms with Gasteiger partial charge in [-0.25, -0.2) is 0 Å². The number of esters is 1. The van der Waals surface area contributed by atoms with E-state index in [1.807, 2.05) is 6.07 Å². The van der Waals surface area contributed by atoms with Gasteiger partial charge in [-0.2, -0.15) is 0 Å². The Bertz CT molecular complexity index is 527. The van der Waals surface area contributed by atoms with Gasteiger partial charge in [0, 0.05) is 6.92 Å². The molecule has 0 aliphatic heterocycles. The standard InChI is InChI=1S/C17H25BrO5/c1-10-7-13(8-14(18)16(10)21)12(5-6-23-11(2)19)9-15(20)17(3,4)22/h7-8,12,15,20-22H,5-6,9H2,1-4H3. The zero-order valence-corrected chi connectivity index (χ0v) is 15.6. The van der Waals surface area contributed by atoms with Crippen LogP contribution in [0.3, 0.4) is 0 Å². The van der Waals surface area contributed by atoms with E-state index < -0.39 is 11.7 Å². The Kier molecular flexibility index (Phi) is 7.04. The summed E-state index contributed by atoms with van der Waals surface area (Å²) in [7, 11) is 0. The molecule has 0 radical (unpaired) electrons. The molecule has 0 bridgehead atoms. The molecule has 23 heavy (non-hydrogen) atoms. The highest BCUT2D eigenvalue weighted by atomic mass is 79.9. The molecule has 1 rings (SSSR count). The SMILES string of the molecule is CC(=O)OCCC(CC(O)C(C)(C)O)c1cc(C)c(O)c(Br)c1. The minimum atomic E-state index is -1.22. The molecule has 0 saturated heterocycles. The Morgan fingerprint density at radius 3 is 2.48 bits per heavy atom. The normalized spacial score (nSPS) is 14.4. The minimum absolute atomic E-state index is 0.119. The molecule has 0 aliphatic carbocycles. The predicted octanol–water partition coefficient (Wildman–Crippen LogP) is 3.02. The van der Waals surface area contributed by atoms with Crippen molar-refractivity contribution in [3.8, 4) is 5.75 Å². The molecule has 3 N–H and O–H groups in total. The van der Waals surface area contributed by atoms with Gasteiger partial charge in [-0.3, -0.25) is 4.79 Å². The second-order valence-corrected chi connectivity index (χ2v) is 7.25. The molecular weight excluding hydrogens is 364 g/mol. The summed E-state index contributed by atoms with van der Waals surface area (Å²) in [6.07, 6.45) is -0.0807. The Hall–Kier alpha value is -1.11. The van der Waals surface area contributed by atoms with Crippen LogP contribution >= 0.6 is 15.9 Å². The van der Waals surface area contributed by atoms with Gasteiger partial charge in [0.15, 0.2) is 0 Å². The van der Waals surface area contributed by atoms with Gasteiger partial charge in [-0.05, 0) is 72.7 Å². The van der Waals surface area contributed by atoms with Gasteiger partial charge in [0.25, 0.3) is 0 Å². The summed E-state index contributed by atoms with van der Waals surface area (Å²) in [6.45, 7) is 6.48. The van der Waals surface area contributed by atoms with Crippen molar-refractivity contribution in [2.45, 2.75) is 58.2 Å². The maximum Gasteiger partial charge on any atom is 0.302 e. The Morgan fingerprint density at radius 2 is 2.00 bits per heavy atom. The number of aliphatic hydroxyl groups is 2. The summed E-state index contributed by atoms with van der Waals surface area (Å²) >= 11 is 3.32. The largest absolute Gasteiger partial charge is 0.506 e. The van der Waals surface area contributed by atoms with E-state index in [-0.39, 0.29) is 24.2 Å². The zero-order valence-electron chi connectivity index (χ0n) is 14.0. The molecule has 2 atom stereocenters. The van der Waals surface area contributed by atoms with Gasteiger partial charge in [0.1, 0.15) is 5.75 Å². The van der Waals surface area contributed by atoms with E-state index in [4.69, 9.17) is 4.74 Å². The average molecular weight is 389 g/mol. The summed E-state index contributed by atoms with van der Waals surface area (Å²) in [4.78, 5) is 10.9. The van der Waals surface area contributed by atoms with Gasteiger partial charge in [-0.1, -0.05) is 6.07 Å². The van der Waals surface area contributed by atoms with Gasteiger partial charge in [-0.15, -0.1) is 0 Å². The Morgan fingerprint density at radius 1 is 1.39 bits per heavy atom. The summed E-state index contributed by atoms with van der Waals surface area (Å²) in [6, 6.07) is 3.63. The number of aliphatic hydroxyl groups excluding tert-OH is 1. The molecule has 0 aromatic heterocycles. The van der Waals surface area contributed by atoms with E-state index >= 15 is 0 Å². The van der Waals surface area contributed by atoms with Crippen molar-refractivity contribution in [1.82, 2.24) is 0 Å².